The second-order valence-corrected chi connectivity index (χ2v) is 10.4. The average Bonchev–Trinajstić information content (AvgIpc) is 2.71. The van der Waals surface area contributed by atoms with Crippen LogP contribution in [0.5, 0.6) is 0 Å². The van der Waals surface area contributed by atoms with Crippen LogP contribution in [0.3, 0.4) is 0 Å². The molecule has 3 nitrogen and oxygen atoms in total. The monoisotopic (exact) mass is 463 g/mol. The van der Waals surface area contributed by atoms with Gasteiger partial charge in [0.15, 0.2) is 5.78 Å². The summed E-state index contributed by atoms with van der Waals surface area (Å²) in [4.78, 5) is 28.8. The molecule has 5 rings (SSSR count). The normalized spacial score (nSPS) is 20.6. The number of fused-ring (bicyclic) bond motifs is 1. The molecule has 1 atom stereocenters. The third-order valence-electron chi connectivity index (χ3n) is 6.45. The van der Waals surface area contributed by atoms with E-state index >= 15 is 0 Å². The van der Waals surface area contributed by atoms with Gasteiger partial charge in [-0.05, 0) is 46.4 Å². The number of amides is 1. The van der Waals surface area contributed by atoms with Gasteiger partial charge in [0.1, 0.15) is 0 Å². The molecule has 2 aliphatic rings. The van der Waals surface area contributed by atoms with Crippen molar-refractivity contribution < 1.29 is 9.59 Å². The number of anilines is 1. The molecule has 5 heteroatoms. The Hall–Kier alpha value is -2.62. The van der Waals surface area contributed by atoms with Gasteiger partial charge in [-0.3, -0.25) is 14.5 Å². The Bertz CT molecular complexity index is 1280. The summed E-state index contributed by atoms with van der Waals surface area (Å²) in [6, 6.07) is 19.4. The van der Waals surface area contributed by atoms with Crippen molar-refractivity contribution in [3.63, 3.8) is 0 Å². The van der Waals surface area contributed by atoms with Gasteiger partial charge in [0.2, 0.25) is 5.91 Å². The van der Waals surface area contributed by atoms with Gasteiger partial charge in [0, 0.05) is 40.1 Å². The van der Waals surface area contributed by atoms with Gasteiger partial charge in [-0.25, -0.2) is 0 Å². The van der Waals surface area contributed by atoms with Gasteiger partial charge >= 0.3 is 0 Å². The number of rotatable bonds is 2. The van der Waals surface area contributed by atoms with Crippen molar-refractivity contribution >= 4 is 51.4 Å². The highest BCUT2D eigenvalue weighted by Crippen LogP contribution is 2.49. The zero-order chi connectivity index (χ0) is 22.6. The van der Waals surface area contributed by atoms with Crippen LogP contribution in [0.4, 0.5) is 5.69 Å². The SMILES string of the molecule is CC1(C)CC(=O)C2=C(C1)N(c1cc(Cl)cc(Cl)c1)C(=O)CC2c1cccc2ccccc12. The summed E-state index contributed by atoms with van der Waals surface area (Å²) in [6.45, 7) is 4.15. The number of Topliss-reactive ketones (excluding diaryl/α,β-unsaturated/α-hetero) is 1. The maximum atomic E-state index is 13.6. The van der Waals surface area contributed by atoms with Gasteiger partial charge in [-0.1, -0.05) is 79.5 Å². The lowest BCUT2D eigenvalue weighted by molar-refractivity contribution is -0.120. The van der Waals surface area contributed by atoms with E-state index in [1.807, 2.05) is 24.3 Å². The summed E-state index contributed by atoms with van der Waals surface area (Å²) in [5.41, 5.74) is 2.93. The Morgan fingerprint density at radius 1 is 0.906 bits per heavy atom. The minimum absolute atomic E-state index is 0.0504. The van der Waals surface area contributed by atoms with Gasteiger partial charge < -0.3 is 0 Å². The van der Waals surface area contributed by atoms with E-state index < -0.39 is 0 Å². The van der Waals surface area contributed by atoms with Crippen LogP contribution in [-0.4, -0.2) is 11.7 Å². The van der Waals surface area contributed by atoms with Crippen LogP contribution < -0.4 is 4.90 Å². The fraction of sp³-hybridized carbons (Fsp3) is 0.259. The Kier molecular flexibility index (Phi) is 5.15. The van der Waals surface area contributed by atoms with Crippen molar-refractivity contribution in [2.24, 2.45) is 5.41 Å². The van der Waals surface area contributed by atoms with Crippen molar-refractivity contribution in [3.05, 3.63) is 87.5 Å². The zero-order valence-electron chi connectivity index (χ0n) is 18.0. The summed E-state index contributed by atoms with van der Waals surface area (Å²) in [7, 11) is 0. The van der Waals surface area contributed by atoms with Crippen molar-refractivity contribution in [3.8, 4) is 0 Å². The zero-order valence-corrected chi connectivity index (χ0v) is 19.5. The highest BCUT2D eigenvalue weighted by Gasteiger charge is 2.44. The molecule has 1 aliphatic heterocycles. The van der Waals surface area contributed by atoms with E-state index in [0.29, 0.717) is 28.6 Å². The van der Waals surface area contributed by atoms with Crippen molar-refractivity contribution in [2.75, 3.05) is 4.90 Å². The van der Waals surface area contributed by atoms with E-state index in [0.717, 1.165) is 27.6 Å². The first kappa shape index (κ1) is 21.2. The number of carbonyl (C=O) groups is 2. The minimum Gasteiger partial charge on any atom is -0.294 e. The number of hydrogen-bond donors (Lipinski definition) is 0. The predicted octanol–water partition coefficient (Wildman–Crippen LogP) is 7.31. The molecule has 0 saturated heterocycles. The maximum Gasteiger partial charge on any atom is 0.232 e. The first-order valence-corrected chi connectivity index (χ1v) is 11.5. The highest BCUT2D eigenvalue weighted by atomic mass is 35.5. The summed E-state index contributed by atoms with van der Waals surface area (Å²) >= 11 is 12.5. The van der Waals surface area contributed by atoms with E-state index in [-0.39, 0.29) is 29.4 Å². The number of nitrogens with zero attached hydrogens (tertiary/aromatic N) is 1. The van der Waals surface area contributed by atoms with Gasteiger partial charge in [-0.2, -0.15) is 0 Å². The molecule has 1 heterocycles. The molecule has 0 saturated carbocycles. The molecule has 1 aliphatic carbocycles. The number of halogens is 2. The molecule has 162 valence electrons. The molecule has 0 fully saturated rings. The van der Waals surface area contributed by atoms with Crippen molar-refractivity contribution in [2.45, 2.75) is 39.0 Å². The number of ketones is 1. The van der Waals surface area contributed by atoms with Crippen LogP contribution in [0.1, 0.15) is 44.6 Å². The van der Waals surface area contributed by atoms with Crippen LogP contribution in [0.15, 0.2) is 71.9 Å². The predicted molar refractivity (Wildman–Crippen MR) is 130 cm³/mol. The molecular formula is C27H23Cl2NO2. The first-order chi connectivity index (χ1) is 15.2. The fourth-order valence-electron chi connectivity index (χ4n) is 5.20. The average molecular weight is 464 g/mol. The topological polar surface area (TPSA) is 37.4 Å². The fourth-order valence-corrected chi connectivity index (χ4v) is 5.72. The van der Waals surface area contributed by atoms with Crippen LogP contribution in [0, 0.1) is 5.41 Å². The molecule has 3 aromatic carbocycles. The molecule has 0 radical (unpaired) electrons. The van der Waals surface area contributed by atoms with E-state index in [4.69, 9.17) is 23.2 Å². The molecule has 3 aromatic rings. The van der Waals surface area contributed by atoms with E-state index in [1.54, 1.807) is 23.1 Å². The molecule has 0 spiro atoms. The lowest BCUT2D eigenvalue weighted by Gasteiger charge is -2.43. The molecule has 0 aromatic heterocycles. The number of allylic oxidation sites excluding steroid dienone is 2. The molecule has 1 unspecified atom stereocenters. The van der Waals surface area contributed by atoms with Crippen molar-refractivity contribution in [1.82, 2.24) is 0 Å². The standard InChI is InChI=1S/C27H23Cl2NO2/c1-27(2)14-23-26(24(31)15-27)22(21-9-5-7-16-6-3-4-8-20(16)21)13-25(32)30(23)19-11-17(28)10-18(29)12-19/h3-12,22H,13-15H2,1-2H3. The lowest BCUT2D eigenvalue weighted by Crippen LogP contribution is -2.43. The number of benzene rings is 3. The molecule has 1 amide bonds. The maximum absolute atomic E-state index is 13.6. The molecule has 32 heavy (non-hydrogen) atoms. The van der Waals surface area contributed by atoms with Gasteiger partial charge in [-0.15, -0.1) is 0 Å². The summed E-state index contributed by atoms with van der Waals surface area (Å²) in [6.07, 6.45) is 1.32. The molecular weight excluding hydrogens is 441 g/mol. The van der Waals surface area contributed by atoms with Gasteiger partial charge in [0.05, 0.1) is 5.69 Å². The number of hydrogen-bond acceptors (Lipinski definition) is 2. The summed E-state index contributed by atoms with van der Waals surface area (Å²) < 4.78 is 0. The summed E-state index contributed by atoms with van der Waals surface area (Å²) in [5.74, 6) is -0.205. The largest absolute Gasteiger partial charge is 0.294 e. The van der Waals surface area contributed by atoms with Crippen LogP contribution in [0.2, 0.25) is 10.0 Å². The van der Waals surface area contributed by atoms with Gasteiger partial charge in [0.25, 0.3) is 0 Å². The Labute approximate surface area is 197 Å². The minimum atomic E-state index is -0.266. The Balaban J connectivity index is 1.75. The molecule has 0 N–H and O–H groups in total. The van der Waals surface area contributed by atoms with Crippen LogP contribution in [-0.2, 0) is 9.59 Å². The van der Waals surface area contributed by atoms with Crippen LogP contribution in [0.25, 0.3) is 10.8 Å². The second-order valence-electron chi connectivity index (χ2n) is 9.48. The number of carbonyl (C=O) groups excluding carboxylic acids is 2. The van der Waals surface area contributed by atoms with E-state index in [9.17, 15) is 9.59 Å². The van der Waals surface area contributed by atoms with E-state index in [2.05, 4.69) is 32.0 Å². The summed E-state index contributed by atoms with van der Waals surface area (Å²) in [5, 5.41) is 3.10. The lowest BCUT2D eigenvalue weighted by atomic mass is 9.69. The van der Waals surface area contributed by atoms with Crippen LogP contribution >= 0.6 is 23.2 Å². The third-order valence-corrected chi connectivity index (χ3v) is 6.88. The quantitative estimate of drug-likeness (QED) is 0.399. The molecule has 0 bridgehead atoms. The smallest absolute Gasteiger partial charge is 0.232 e. The highest BCUT2D eigenvalue weighted by molar-refractivity contribution is 6.35. The van der Waals surface area contributed by atoms with E-state index in [1.165, 1.54) is 0 Å². The third kappa shape index (κ3) is 3.64. The Morgan fingerprint density at radius 2 is 1.59 bits per heavy atom. The second kappa shape index (κ2) is 7.75. The van der Waals surface area contributed by atoms with Crippen molar-refractivity contribution in [1.29, 1.82) is 0 Å². The Morgan fingerprint density at radius 3 is 2.34 bits per heavy atom. The first-order valence-electron chi connectivity index (χ1n) is 10.8.